The molecule has 3 rings (SSSR count). The second-order valence-electron chi connectivity index (χ2n) is 5.68. The van der Waals surface area contributed by atoms with Crippen molar-refractivity contribution in [3.63, 3.8) is 0 Å². The molecule has 0 unspecified atom stereocenters. The minimum atomic E-state index is -1.09. The molecule has 0 amide bonds. The summed E-state index contributed by atoms with van der Waals surface area (Å²) in [7, 11) is 0. The van der Waals surface area contributed by atoms with Crippen LogP contribution in [0.15, 0.2) is 71.2 Å². The van der Waals surface area contributed by atoms with E-state index in [1.54, 1.807) is 24.3 Å². The van der Waals surface area contributed by atoms with Gasteiger partial charge >= 0.3 is 5.97 Å². The zero-order valence-electron chi connectivity index (χ0n) is 13.9. The van der Waals surface area contributed by atoms with E-state index >= 15 is 0 Å². The van der Waals surface area contributed by atoms with Crippen molar-refractivity contribution < 1.29 is 23.4 Å². The molecule has 0 saturated heterocycles. The van der Waals surface area contributed by atoms with Crippen molar-refractivity contribution in [3.8, 4) is 5.75 Å². The normalized spacial score (nSPS) is 11.0. The molecule has 3 aromatic rings. The highest BCUT2D eigenvalue weighted by molar-refractivity contribution is 5.84. The molecule has 0 radical (unpaired) electrons. The Labute approximate surface area is 150 Å². The monoisotopic (exact) mass is 352 g/mol. The standard InChI is InChI=1S/C21H17FO4/c22-17-9-7-16(8-10-17)14-25-19-6-2-4-15(13-19)3-1-5-18-11-12-20(26-18)21(23)24/h1-2,4-13H,3,14H2,(H,23,24)/b5-1-. The van der Waals surface area contributed by atoms with E-state index in [1.807, 2.05) is 30.3 Å². The maximum Gasteiger partial charge on any atom is 0.371 e. The van der Waals surface area contributed by atoms with Gasteiger partial charge in [-0.25, -0.2) is 9.18 Å². The smallest absolute Gasteiger partial charge is 0.371 e. The minimum Gasteiger partial charge on any atom is -0.489 e. The van der Waals surface area contributed by atoms with E-state index < -0.39 is 5.97 Å². The molecule has 0 aliphatic carbocycles. The van der Waals surface area contributed by atoms with E-state index in [0.717, 1.165) is 16.9 Å². The molecule has 132 valence electrons. The van der Waals surface area contributed by atoms with Gasteiger partial charge in [0.05, 0.1) is 0 Å². The second kappa shape index (κ2) is 8.16. The van der Waals surface area contributed by atoms with Gasteiger partial charge in [-0.3, -0.25) is 0 Å². The number of rotatable bonds is 7. The first-order valence-electron chi connectivity index (χ1n) is 8.06. The molecular weight excluding hydrogens is 335 g/mol. The molecule has 1 aromatic heterocycles. The third kappa shape index (κ3) is 4.83. The molecule has 2 aromatic carbocycles. The Bertz CT molecular complexity index is 910. The Morgan fingerprint density at radius 2 is 1.88 bits per heavy atom. The Morgan fingerprint density at radius 1 is 1.08 bits per heavy atom. The van der Waals surface area contributed by atoms with Gasteiger partial charge in [0.1, 0.15) is 23.9 Å². The zero-order valence-corrected chi connectivity index (χ0v) is 13.9. The highest BCUT2D eigenvalue weighted by Gasteiger charge is 2.06. The molecule has 0 aliphatic rings. The number of aromatic carboxylic acids is 1. The number of carbonyl (C=O) groups is 1. The molecule has 5 heteroatoms. The summed E-state index contributed by atoms with van der Waals surface area (Å²) in [5, 5.41) is 8.83. The van der Waals surface area contributed by atoms with Gasteiger partial charge in [0.2, 0.25) is 5.76 Å². The molecule has 1 heterocycles. The van der Waals surface area contributed by atoms with E-state index in [4.69, 9.17) is 14.3 Å². The van der Waals surface area contributed by atoms with Crippen LogP contribution >= 0.6 is 0 Å². The van der Waals surface area contributed by atoms with E-state index in [-0.39, 0.29) is 11.6 Å². The largest absolute Gasteiger partial charge is 0.489 e. The lowest BCUT2D eigenvalue weighted by molar-refractivity contribution is 0.0662. The van der Waals surface area contributed by atoms with Crippen molar-refractivity contribution in [1.82, 2.24) is 0 Å². The summed E-state index contributed by atoms with van der Waals surface area (Å²) in [6.45, 7) is 0.365. The van der Waals surface area contributed by atoms with Crippen LogP contribution in [0.4, 0.5) is 4.39 Å². The van der Waals surface area contributed by atoms with Crippen LogP contribution in [-0.2, 0) is 13.0 Å². The topological polar surface area (TPSA) is 59.7 Å². The van der Waals surface area contributed by atoms with Gasteiger partial charge in [-0.1, -0.05) is 30.3 Å². The lowest BCUT2D eigenvalue weighted by Crippen LogP contribution is -1.96. The van der Waals surface area contributed by atoms with E-state index in [9.17, 15) is 9.18 Å². The molecule has 0 aliphatic heterocycles. The van der Waals surface area contributed by atoms with Gasteiger partial charge in [-0.15, -0.1) is 0 Å². The Morgan fingerprint density at radius 3 is 2.62 bits per heavy atom. The number of furan rings is 1. The number of hydrogen-bond acceptors (Lipinski definition) is 3. The van der Waals surface area contributed by atoms with Crippen LogP contribution in [-0.4, -0.2) is 11.1 Å². The number of ether oxygens (including phenoxy) is 1. The van der Waals surface area contributed by atoms with Crippen LogP contribution in [0.5, 0.6) is 5.75 Å². The molecule has 26 heavy (non-hydrogen) atoms. The molecule has 0 atom stereocenters. The Balaban J connectivity index is 1.57. The first-order valence-corrected chi connectivity index (χ1v) is 8.06. The summed E-state index contributed by atoms with van der Waals surface area (Å²) in [6.07, 6.45) is 4.28. The van der Waals surface area contributed by atoms with Crippen LogP contribution in [0, 0.1) is 5.82 Å². The number of carboxylic acid groups (broad SMARTS) is 1. The van der Waals surface area contributed by atoms with Crippen molar-refractivity contribution in [2.24, 2.45) is 0 Å². The SMILES string of the molecule is O=C(O)c1ccc(/C=C\Cc2cccc(OCc3ccc(F)cc3)c2)o1. The summed E-state index contributed by atoms with van der Waals surface area (Å²) < 4.78 is 23.8. The van der Waals surface area contributed by atoms with Gasteiger partial charge in [0.15, 0.2) is 0 Å². The number of hydrogen-bond donors (Lipinski definition) is 1. The van der Waals surface area contributed by atoms with Crippen molar-refractivity contribution >= 4 is 12.0 Å². The summed E-state index contributed by atoms with van der Waals surface area (Å²) in [6, 6.07) is 16.9. The predicted molar refractivity (Wildman–Crippen MR) is 95.6 cm³/mol. The lowest BCUT2D eigenvalue weighted by atomic mass is 10.1. The summed E-state index contributed by atoms with van der Waals surface area (Å²) in [5.41, 5.74) is 1.94. The minimum absolute atomic E-state index is 0.0826. The van der Waals surface area contributed by atoms with Crippen LogP contribution < -0.4 is 4.74 Å². The second-order valence-corrected chi connectivity index (χ2v) is 5.68. The molecule has 0 spiro atoms. The molecule has 1 N–H and O–H groups in total. The van der Waals surface area contributed by atoms with Crippen molar-refractivity contribution in [2.45, 2.75) is 13.0 Å². The number of allylic oxidation sites excluding steroid dienone is 1. The lowest BCUT2D eigenvalue weighted by Gasteiger charge is -2.07. The van der Waals surface area contributed by atoms with Crippen LogP contribution in [0.25, 0.3) is 6.08 Å². The van der Waals surface area contributed by atoms with Crippen LogP contribution in [0.1, 0.15) is 27.4 Å². The number of carboxylic acids is 1. The van der Waals surface area contributed by atoms with Gasteiger partial charge in [0, 0.05) is 0 Å². The van der Waals surface area contributed by atoms with E-state index in [2.05, 4.69) is 0 Å². The summed E-state index contributed by atoms with van der Waals surface area (Å²) >= 11 is 0. The highest BCUT2D eigenvalue weighted by Crippen LogP contribution is 2.17. The fourth-order valence-electron chi connectivity index (χ4n) is 2.38. The van der Waals surface area contributed by atoms with Crippen molar-refractivity contribution in [3.05, 3.63) is 95.2 Å². The fraction of sp³-hybridized carbons (Fsp3) is 0.0952. The third-order valence-electron chi connectivity index (χ3n) is 3.69. The molecule has 0 fully saturated rings. The average Bonchev–Trinajstić information content (AvgIpc) is 3.11. The number of halogens is 1. The highest BCUT2D eigenvalue weighted by atomic mass is 19.1. The van der Waals surface area contributed by atoms with Crippen LogP contribution in [0.2, 0.25) is 0 Å². The van der Waals surface area contributed by atoms with Crippen molar-refractivity contribution in [2.75, 3.05) is 0 Å². The summed E-state index contributed by atoms with van der Waals surface area (Å²) in [4.78, 5) is 10.8. The maximum atomic E-state index is 12.9. The summed E-state index contributed by atoms with van der Waals surface area (Å²) in [5.74, 6) is -0.219. The Kier molecular flexibility index (Phi) is 5.49. The van der Waals surface area contributed by atoms with Gasteiger partial charge < -0.3 is 14.3 Å². The molecule has 0 bridgehead atoms. The first kappa shape index (κ1) is 17.5. The van der Waals surface area contributed by atoms with Gasteiger partial charge in [0.25, 0.3) is 0 Å². The van der Waals surface area contributed by atoms with E-state index in [0.29, 0.717) is 18.8 Å². The average molecular weight is 352 g/mol. The van der Waals surface area contributed by atoms with Gasteiger partial charge in [-0.2, -0.15) is 0 Å². The van der Waals surface area contributed by atoms with Gasteiger partial charge in [-0.05, 0) is 60.0 Å². The van der Waals surface area contributed by atoms with E-state index in [1.165, 1.54) is 18.2 Å². The zero-order chi connectivity index (χ0) is 18.4. The fourth-order valence-corrected chi connectivity index (χ4v) is 2.38. The van der Waals surface area contributed by atoms with Crippen molar-refractivity contribution in [1.29, 1.82) is 0 Å². The maximum absolute atomic E-state index is 12.9. The molecule has 0 saturated carbocycles. The number of benzene rings is 2. The predicted octanol–water partition coefficient (Wildman–Crippen LogP) is 4.95. The van der Waals surface area contributed by atoms with Crippen LogP contribution in [0.3, 0.4) is 0 Å². The quantitative estimate of drug-likeness (QED) is 0.653. The third-order valence-corrected chi connectivity index (χ3v) is 3.69. The first-order chi connectivity index (χ1) is 12.6. The molecular formula is C21H17FO4. The molecule has 4 nitrogen and oxygen atoms in total. The Hall–Kier alpha value is -3.34.